The molecule has 0 fully saturated rings. The van der Waals surface area contributed by atoms with E-state index in [1.54, 1.807) is 13.8 Å². The van der Waals surface area contributed by atoms with Crippen LogP contribution in [0, 0.1) is 5.41 Å². The fourth-order valence-electron chi connectivity index (χ4n) is 0.771. The molecule has 0 heterocycles. The number of rotatable bonds is 6. The van der Waals surface area contributed by atoms with Crippen LogP contribution >= 0.6 is 0 Å². The van der Waals surface area contributed by atoms with Crippen molar-refractivity contribution in [3.05, 3.63) is 0 Å². The molecule has 0 saturated heterocycles. The Morgan fingerprint density at radius 1 is 1.43 bits per heavy atom. The molecule has 0 bridgehead atoms. The number of carbonyl (C=O) groups excluding carboxylic acids is 1. The minimum absolute atomic E-state index is 0.0981. The number of nitrogens with one attached hydrogen (secondary N) is 1. The third kappa shape index (κ3) is 4.04. The molecule has 0 aromatic carbocycles. The molecule has 3 N–H and O–H groups in total. The first kappa shape index (κ1) is 13.4. The van der Waals surface area contributed by atoms with Crippen molar-refractivity contribution in [2.24, 2.45) is 11.1 Å². The summed E-state index contributed by atoms with van der Waals surface area (Å²) in [7, 11) is 3.04. The summed E-state index contributed by atoms with van der Waals surface area (Å²) in [6.07, 6.45) is -0.410. The Bertz CT molecular complexity index is 179. The molecule has 5 nitrogen and oxygen atoms in total. The number of hydrogen-bond donors (Lipinski definition) is 2. The first-order valence-corrected chi connectivity index (χ1v) is 4.52. The second-order valence-corrected chi connectivity index (χ2v) is 3.70. The zero-order chi connectivity index (χ0) is 11.2. The van der Waals surface area contributed by atoms with Crippen molar-refractivity contribution >= 4 is 5.91 Å². The standard InChI is InChI=1S/C9H20N2O3/c1-9(2,6-10)8(12)11-5-7(13-3)14-4/h7H,5-6,10H2,1-4H3,(H,11,12). The maximum absolute atomic E-state index is 11.5. The molecule has 0 aromatic rings. The van der Waals surface area contributed by atoms with E-state index in [4.69, 9.17) is 15.2 Å². The summed E-state index contributed by atoms with van der Waals surface area (Å²) in [5.74, 6) is -0.0981. The predicted molar refractivity (Wildman–Crippen MR) is 53.7 cm³/mol. The molecule has 5 heteroatoms. The van der Waals surface area contributed by atoms with Crippen molar-refractivity contribution in [3.63, 3.8) is 0 Å². The smallest absolute Gasteiger partial charge is 0.227 e. The fraction of sp³-hybridized carbons (Fsp3) is 0.889. The van der Waals surface area contributed by atoms with E-state index in [9.17, 15) is 4.79 Å². The van der Waals surface area contributed by atoms with Crippen LogP contribution in [0.25, 0.3) is 0 Å². The fourth-order valence-corrected chi connectivity index (χ4v) is 0.771. The first-order valence-electron chi connectivity index (χ1n) is 4.52. The van der Waals surface area contributed by atoms with Gasteiger partial charge in [-0.2, -0.15) is 0 Å². The Labute approximate surface area is 84.9 Å². The van der Waals surface area contributed by atoms with Crippen LogP contribution in [0.1, 0.15) is 13.8 Å². The van der Waals surface area contributed by atoms with Crippen LogP contribution in [0.15, 0.2) is 0 Å². The highest BCUT2D eigenvalue weighted by Crippen LogP contribution is 2.11. The molecule has 0 rings (SSSR count). The number of ether oxygens (including phenoxy) is 2. The Balaban J connectivity index is 3.95. The van der Waals surface area contributed by atoms with Crippen LogP contribution in [0.4, 0.5) is 0 Å². The molecule has 0 spiro atoms. The quantitative estimate of drug-likeness (QED) is 0.583. The van der Waals surface area contributed by atoms with Crippen molar-refractivity contribution in [2.75, 3.05) is 27.3 Å². The predicted octanol–water partition coefficient (Wildman–Crippen LogP) is -0.294. The lowest BCUT2D eigenvalue weighted by Gasteiger charge is -2.22. The highest BCUT2D eigenvalue weighted by Gasteiger charge is 2.25. The van der Waals surface area contributed by atoms with Gasteiger partial charge in [-0.1, -0.05) is 0 Å². The van der Waals surface area contributed by atoms with Crippen LogP contribution in [0.2, 0.25) is 0 Å². The maximum atomic E-state index is 11.5. The van der Waals surface area contributed by atoms with Crippen LogP contribution in [0.3, 0.4) is 0 Å². The van der Waals surface area contributed by atoms with E-state index in [1.807, 2.05) is 0 Å². The lowest BCUT2D eigenvalue weighted by Crippen LogP contribution is -2.44. The van der Waals surface area contributed by atoms with Crippen LogP contribution in [0.5, 0.6) is 0 Å². The average Bonchev–Trinajstić information content (AvgIpc) is 2.19. The van der Waals surface area contributed by atoms with Crippen LogP contribution in [-0.2, 0) is 14.3 Å². The van der Waals surface area contributed by atoms with Gasteiger partial charge < -0.3 is 20.5 Å². The summed E-state index contributed by atoms with van der Waals surface area (Å²) in [6.45, 7) is 4.21. The molecule has 0 aliphatic carbocycles. The largest absolute Gasteiger partial charge is 0.354 e. The van der Waals surface area contributed by atoms with Crippen molar-refractivity contribution in [3.8, 4) is 0 Å². The molecule has 0 radical (unpaired) electrons. The van der Waals surface area contributed by atoms with E-state index in [1.165, 1.54) is 14.2 Å². The average molecular weight is 204 g/mol. The number of carbonyl (C=O) groups is 1. The van der Waals surface area contributed by atoms with Crippen molar-refractivity contribution < 1.29 is 14.3 Å². The highest BCUT2D eigenvalue weighted by atomic mass is 16.7. The monoisotopic (exact) mass is 204 g/mol. The van der Waals surface area contributed by atoms with Crippen molar-refractivity contribution in [1.82, 2.24) is 5.32 Å². The lowest BCUT2D eigenvalue weighted by atomic mass is 9.93. The lowest BCUT2D eigenvalue weighted by molar-refractivity contribution is -0.134. The highest BCUT2D eigenvalue weighted by molar-refractivity contribution is 5.82. The van der Waals surface area contributed by atoms with Gasteiger partial charge in [0.1, 0.15) is 0 Å². The maximum Gasteiger partial charge on any atom is 0.227 e. The minimum atomic E-state index is -0.550. The summed E-state index contributed by atoms with van der Waals surface area (Å²) in [4.78, 5) is 11.5. The first-order chi connectivity index (χ1) is 6.47. The molecule has 14 heavy (non-hydrogen) atoms. The number of nitrogens with two attached hydrogens (primary N) is 1. The third-order valence-electron chi connectivity index (χ3n) is 2.08. The van der Waals surface area contributed by atoms with Gasteiger partial charge in [0.05, 0.1) is 12.0 Å². The van der Waals surface area contributed by atoms with E-state index >= 15 is 0 Å². The van der Waals surface area contributed by atoms with E-state index in [0.717, 1.165) is 0 Å². The van der Waals surface area contributed by atoms with Gasteiger partial charge in [0.15, 0.2) is 6.29 Å². The van der Waals surface area contributed by atoms with Crippen molar-refractivity contribution in [2.45, 2.75) is 20.1 Å². The van der Waals surface area contributed by atoms with E-state index in [0.29, 0.717) is 13.1 Å². The molecule has 0 unspecified atom stereocenters. The Morgan fingerprint density at radius 3 is 2.29 bits per heavy atom. The summed E-state index contributed by atoms with van der Waals surface area (Å²) >= 11 is 0. The number of hydrogen-bond acceptors (Lipinski definition) is 4. The van der Waals surface area contributed by atoms with E-state index < -0.39 is 11.7 Å². The van der Waals surface area contributed by atoms with Gasteiger partial charge in [0.2, 0.25) is 5.91 Å². The van der Waals surface area contributed by atoms with Crippen LogP contribution in [-0.4, -0.2) is 39.5 Å². The minimum Gasteiger partial charge on any atom is -0.354 e. The topological polar surface area (TPSA) is 73.6 Å². The number of amides is 1. The van der Waals surface area contributed by atoms with Gasteiger partial charge in [-0.15, -0.1) is 0 Å². The molecule has 0 aromatic heterocycles. The summed E-state index contributed by atoms with van der Waals surface area (Å²) in [5.41, 5.74) is 4.91. The Morgan fingerprint density at radius 2 is 1.93 bits per heavy atom. The molecule has 0 saturated carbocycles. The Hall–Kier alpha value is -0.650. The van der Waals surface area contributed by atoms with Crippen LogP contribution < -0.4 is 11.1 Å². The van der Waals surface area contributed by atoms with Gasteiger partial charge in [0.25, 0.3) is 0 Å². The summed E-state index contributed by atoms with van der Waals surface area (Å²) < 4.78 is 9.86. The van der Waals surface area contributed by atoms with Gasteiger partial charge in [0, 0.05) is 20.8 Å². The number of methoxy groups -OCH3 is 2. The van der Waals surface area contributed by atoms with Crippen molar-refractivity contribution in [1.29, 1.82) is 0 Å². The second-order valence-electron chi connectivity index (χ2n) is 3.70. The van der Waals surface area contributed by atoms with E-state index in [-0.39, 0.29) is 5.91 Å². The summed E-state index contributed by atoms with van der Waals surface area (Å²) in [6, 6.07) is 0. The molecule has 84 valence electrons. The molecule has 0 aliphatic rings. The molecular weight excluding hydrogens is 184 g/mol. The van der Waals surface area contributed by atoms with Gasteiger partial charge >= 0.3 is 0 Å². The van der Waals surface area contributed by atoms with E-state index in [2.05, 4.69) is 5.32 Å². The summed E-state index contributed by atoms with van der Waals surface area (Å²) in [5, 5.41) is 2.71. The zero-order valence-corrected chi connectivity index (χ0v) is 9.29. The third-order valence-corrected chi connectivity index (χ3v) is 2.08. The van der Waals surface area contributed by atoms with Gasteiger partial charge in [-0.25, -0.2) is 0 Å². The second kappa shape index (κ2) is 5.95. The molecular formula is C9H20N2O3. The Kier molecular flexibility index (Phi) is 5.68. The van der Waals surface area contributed by atoms with Gasteiger partial charge in [-0.3, -0.25) is 4.79 Å². The molecule has 0 aliphatic heterocycles. The van der Waals surface area contributed by atoms with Gasteiger partial charge in [-0.05, 0) is 13.8 Å². The normalized spacial score (nSPS) is 11.9. The SMILES string of the molecule is COC(CNC(=O)C(C)(C)CN)OC. The molecule has 1 amide bonds. The molecule has 0 atom stereocenters. The zero-order valence-electron chi connectivity index (χ0n) is 9.29.